The zero-order chi connectivity index (χ0) is 23.1. The van der Waals surface area contributed by atoms with Crippen LogP contribution in [0.1, 0.15) is 29.7 Å². The predicted octanol–water partition coefficient (Wildman–Crippen LogP) is 3.96. The fourth-order valence-corrected chi connectivity index (χ4v) is 5.32. The van der Waals surface area contributed by atoms with Gasteiger partial charge >= 0.3 is 0 Å². The largest absolute Gasteiger partial charge is 0.508 e. The van der Waals surface area contributed by atoms with E-state index in [4.69, 9.17) is 4.98 Å². The van der Waals surface area contributed by atoms with Crippen molar-refractivity contribution in [3.05, 3.63) is 53.2 Å². The van der Waals surface area contributed by atoms with E-state index in [1.807, 2.05) is 12.1 Å². The lowest BCUT2D eigenvalue weighted by molar-refractivity contribution is 0.168. The summed E-state index contributed by atoms with van der Waals surface area (Å²) in [6.45, 7) is 5.09. The van der Waals surface area contributed by atoms with Crippen molar-refractivity contribution in [2.24, 2.45) is 0 Å². The van der Waals surface area contributed by atoms with Crippen molar-refractivity contribution >= 4 is 21.8 Å². The summed E-state index contributed by atoms with van der Waals surface area (Å²) in [5, 5.41) is 19.9. The highest BCUT2D eigenvalue weighted by Gasteiger charge is 2.22. The Morgan fingerprint density at radius 2 is 1.71 bits per heavy atom. The monoisotopic (exact) mass is 451 g/mol. The quantitative estimate of drug-likeness (QED) is 0.452. The molecule has 0 radical (unpaired) electrons. The van der Waals surface area contributed by atoms with E-state index in [2.05, 4.69) is 51.0 Å². The molecule has 4 aromatic rings. The van der Waals surface area contributed by atoms with Gasteiger partial charge in [-0.25, -0.2) is 4.98 Å². The van der Waals surface area contributed by atoms with Crippen LogP contribution in [-0.4, -0.2) is 69.9 Å². The van der Waals surface area contributed by atoms with Gasteiger partial charge in [0, 0.05) is 42.5 Å². The van der Waals surface area contributed by atoms with E-state index < -0.39 is 0 Å². The number of piperazine rings is 1. The number of phenols is 1. The van der Waals surface area contributed by atoms with Gasteiger partial charge in [0.2, 0.25) is 0 Å². The SMILES string of the molecule is CN1CCN(CC#Cc2n[nH]c3ccc4nc(-c5ccc(O)cc5)c5c(c4c23)CCCC5)CC1. The molecule has 1 aliphatic carbocycles. The molecule has 2 aromatic heterocycles. The van der Waals surface area contributed by atoms with Crippen LogP contribution in [0.15, 0.2) is 36.4 Å². The van der Waals surface area contributed by atoms with Crippen LogP contribution in [0.4, 0.5) is 0 Å². The van der Waals surface area contributed by atoms with Crippen LogP contribution in [0.2, 0.25) is 0 Å². The molecular formula is C28H29N5O. The van der Waals surface area contributed by atoms with E-state index >= 15 is 0 Å². The number of nitrogens with one attached hydrogen (secondary N) is 1. The average molecular weight is 452 g/mol. The van der Waals surface area contributed by atoms with Crippen LogP contribution < -0.4 is 0 Å². The van der Waals surface area contributed by atoms with Gasteiger partial charge in [-0.1, -0.05) is 5.92 Å². The number of aryl methyl sites for hydroxylation is 1. The van der Waals surface area contributed by atoms with E-state index in [-0.39, 0.29) is 5.75 Å². The van der Waals surface area contributed by atoms with Gasteiger partial charge in [-0.3, -0.25) is 10.00 Å². The molecule has 3 heterocycles. The molecule has 172 valence electrons. The van der Waals surface area contributed by atoms with Crippen molar-refractivity contribution in [1.29, 1.82) is 0 Å². The molecule has 0 saturated carbocycles. The van der Waals surface area contributed by atoms with Gasteiger partial charge < -0.3 is 10.0 Å². The van der Waals surface area contributed by atoms with E-state index in [0.29, 0.717) is 0 Å². The molecular weight excluding hydrogens is 422 g/mol. The molecule has 0 spiro atoms. The zero-order valence-corrected chi connectivity index (χ0v) is 19.6. The summed E-state index contributed by atoms with van der Waals surface area (Å²) in [7, 11) is 2.17. The maximum Gasteiger partial charge on any atom is 0.143 e. The average Bonchev–Trinajstić information content (AvgIpc) is 3.28. The highest BCUT2D eigenvalue weighted by molar-refractivity contribution is 6.10. The van der Waals surface area contributed by atoms with Crippen molar-refractivity contribution in [2.75, 3.05) is 39.8 Å². The van der Waals surface area contributed by atoms with Crippen molar-refractivity contribution in [3.63, 3.8) is 0 Å². The lowest BCUT2D eigenvalue weighted by atomic mass is 9.85. The van der Waals surface area contributed by atoms with Crippen LogP contribution in [0.3, 0.4) is 0 Å². The number of hydrogen-bond acceptors (Lipinski definition) is 5. The fourth-order valence-electron chi connectivity index (χ4n) is 5.32. The molecule has 6 heteroatoms. The number of phenolic OH excluding ortho intramolecular Hbond substituents is 1. The number of aromatic amines is 1. The van der Waals surface area contributed by atoms with Gasteiger partial charge in [0.1, 0.15) is 11.4 Å². The molecule has 0 atom stereocenters. The number of H-pyrrole nitrogens is 1. The second-order valence-corrected chi connectivity index (χ2v) is 9.51. The van der Waals surface area contributed by atoms with Gasteiger partial charge in [-0.05, 0) is 86.2 Å². The van der Waals surface area contributed by atoms with Crippen LogP contribution in [0.25, 0.3) is 33.1 Å². The molecule has 6 rings (SSSR count). The first kappa shape index (κ1) is 21.2. The summed E-state index contributed by atoms with van der Waals surface area (Å²) in [6, 6.07) is 11.6. The third-order valence-electron chi connectivity index (χ3n) is 7.24. The normalized spacial score (nSPS) is 17.0. The first-order valence-corrected chi connectivity index (χ1v) is 12.2. The third kappa shape index (κ3) is 3.81. The smallest absolute Gasteiger partial charge is 0.143 e. The Balaban J connectivity index is 1.46. The Bertz CT molecular complexity index is 1420. The van der Waals surface area contributed by atoms with E-state index in [9.17, 15) is 5.11 Å². The Labute approximate surface area is 199 Å². The lowest BCUT2D eigenvalue weighted by Gasteiger charge is -2.30. The first-order chi connectivity index (χ1) is 16.7. The Morgan fingerprint density at radius 3 is 2.50 bits per heavy atom. The molecule has 0 unspecified atom stereocenters. The number of likely N-dealkylation sites (N-methyl/N-ethyl adjacent to an activating group) is 1. The van der Waals surface area contributed by atoms with E-state index in [1.165, 1.54) is 29.4 Å². The molecule has 0 amide bonds. The zero-order valence-electron chi connectivity index (χ0n) is 19.6. The summed E-state index contributed by atoms with van der Waals surface area (Å²) in [5.41, 5.74) is 7.62. The topological polar surface area (TPSA) is 68.3 Å². The van der Waals surface area contributed by atoms with Crippen molar-refractivity contribution in [3.8, 4) is 28.8 Å². The number of benzene rings is 2. The summed E-state index contributed by atoms with van der Waals surface area (Å²) in [5.74, 6) is 7.03. The number of pyridine rings is 1. The lowest BCUT2D eigenvalue weighted by Crippen LogP contribution is -2.44. The van der Waals surface area contributed by atoms with Crippen molar-refractivity contribution in [1.82, 2.24) is 25.0 Å². The van der Waals surface area contributed by atoms with Gasteiger partial charge in [0.05, 0.1) is 23.3 Å². The van der Waals surface area contributed by atoms with Crippen LogP contribution in [-0.2, 0) is 12.8 Å². The van der Waals surface area contributed by atoms with Crippen LogP contribution in [0, 0.1) is 11.8 Å². The van der Waals surface area contributed by atoms with Crippen molar-refractivity contribution in [2.45, 2.75) is 25.7 Å². The number of nitrogens with zero attached hydrogens (tertiary/aromatic N) is 4. The fraction of sp³-hybridized carbons (Fsp3) is 0.357. The predicted molar refractivity (Wildman–Crippen MR) is 136 cm³/mol. The molecule has 34 heavy (non-hydrogen) atoms. The Hall–Kier alpha value is -3.40. The second-order valence-electron chi connectivity index (χ2n) is 9.51. The molecule has 6 nitrogen and oxygen atoms in total. The molecule has 0 bridgehead atoms. The second kappa shape index (κ2) is 8.75. The standard InChI is InChI=1S/C28H29N5O/c1-32-15-17-33(18-16-32)14-4-7-24-27-25(31-30-24)13-12-23-26(27)21-5-2-3-6-22(21)28(29-23)19-8-10-20(34)11-9-19/h8-13,34H,2-3,5-6,14-18H2,1H3,(H,30,31). The number of fused-ring (bicyclic) bond motifs is 5. The molecule has 2 N–H and O–H groups in total. The summed E-state index contributed by atoms with van der Waals surface area (Å²) in [4.78, 5) is 9.91. The summed E-state index contributed by atoms with van der Waals surface area (Å²) < 4.78 is 0. The third-order valence-corrected chi connectivity index (χ3v) is 7.24. The maximum absolute atomic E-state index is 9.76. The number of rotatable bonds is 2. The van der Waals surface area contributed by atoms with E-state index in [1.54, 1.807) is 12.1 Å². The summed E-state index contributed by atoms with van der Waals surface area (Å²) >= 11 is 0. The van der Waals surface area contributed by atoms with Gasteiger partial charge in [-0.2, -0.15) is 5.10 Å². The molecule has 2 aromatic carbocycles. The minimum absolute atomic E-state index is 0.276. The van der Waals surface area contributed by atoms with Gasteiger partial charge in [0.15, 0.2) is 0 Å². The minimum Gasteiger partial charge on any atom is -0.508 e. The minimum atomic E-state index is 0.276. The molecule has 1 fully saturated rings. The first-order valence-electron chi connectivity index (χ1n) is 12.2. The Kier molecular flexibility index (Phi) is 5.44. The number of aromatic nitrogens is 3. The Morgan fingerprint density at radius 1 is 0.941 bits per heavy atom. The molecule has 1 aliphatic heterocycles. The van der Waals surface area contributed by atoms with Gasteiger partial charge in [-0.15, -0.1) is 0 Å². The van der Waals surface area contributed by atoms with Gasteiger partial charge in [0.25, 0.3) is 0 Å². The number of aromatic hydroxyl groups is 1. The number of hydrogen-bond donors (Lipinski definition) is 2. The molecule has 2 aliphatic rings. The highest BCUT2D eigenvalue weighted by atomic mass is 16.3. The van der Waals surface area contributed by atoms with Crippen LogP contribution in [0.5, 0.6) is 5.75 Å². The van der Waals surface area contributed by atoms with E-state index in [0.717, 1.165) is 78.9 Å². The van der Waals surface area contributed by atoms with Crippen molar-refractivity contribution < 1.29 is 5.11 Å². The maximum atomic E-state index is 9.76. The molecule has 1 saturated heterocycles. The highest BCUT2D eigenvalue weighted by Crippen LogP contribution is 2.38. The summed E-state index contributed by atoms with van der Waals surface area (Å²) in [6.07, 6.45) is 4.41. The van der Waals surface area contributed by atoms with Crippen LogP contribution >= 0.6 is 0 Å².